The van der Waals surface area contributed by atoms with E-state index in [9.17, 15) is 9.59 Å². The molecule has 98 valence electrons. The fraction of sp³-hybridized carbons (Fsp3) is 0.200. The van der Waals surface area contributed by atoms with Crippen LogP contribution in [0, 0.1) is 0 Å². The summed E-state index contributed by atoms with van der Waals surface area (Å²) in [5.41, 5.74) is 8.28. The Bertz CT molecular complexity index is 568. The van der Waals surface area contributed by atoms with Crippen LogP contribution in [0.2, 0.25) is 0 Å². The SMILES string of the molecule is CC(=O)c1ccc(C(=O)NC2=C(N)CCC=C2)cc1. The van der Waals surface area contributed by atoms with Crippen LogP contribution in [0.25, 0.3) is 0 Å². The van der Waals surface area contributed by atoms with E-state index in [1.165, 1.54) is 6.92 Å². The summed E-state index contributed by atoms with van der Waals surface area (Å²) >= 11 is 0. The zero-order valence-electron chi connectivity index (χ0n) is 10.8. The van der Waals surface area contributed by atoms with E-state index in [1.807, 2.05) is 12.2 Å². The Morgan fingerprint density at radius 1 is 1.16 bits per heavy atom. The van der Waals surface area contributed by atoms with Crippen molar-refractivity contribution in [2.45, 2.75) is 19.8 Å². The number of allylic oxidation sites excluding steroid dienone is 3. The number of rotatable bonds is 3. The van der Waals surface area contributed by atoms with E-state index in [4.69, 9.17) is 5.73 Å². The van der Waals surface area contributed by atoms with Crippen molar-refractivity contribution in [2.24, 2.45) is 5.73 Å². The molecule has 4 nitrogen and oxygen atoms in total. The lowest BCUT2D eigenvalue weighted by molar-refractivity contribution is 0.0963. The van der Waals surface area contributed by atoms with Crippen LogP contribution < -0.4 is 11.1 Å². The number of hydrogen-bond acceptors (Lipinski definition) is 3. The first-order valence-electron chi connectivity index (χ1n) is 6.15. The number of benzene rings is 1. The molecule has 1 amide bonds. The van der Waals surface area contributed by atoms with Crippen molar-refractivity contribution >= 4 is 11.7 Å². The molecule has 3 N–H and O–H groups in total. The molecule has 1 aromatic rings. The average molecular weight is 256 g/mol. The van der Waals surface area contributed by atoms with Crippen molar-refractivity contribution in [1.82, 2.24) is 5.32 Å². The second-order valence-electron chi connectivity index (χ2n) is 4.47. The summed E-state index contributed by atoms with van der Waals surface area (Å²) in [7, 11) is 0. The van der Waals surface area contributed by atoms with Gasteiger partial charge in [0.2, 0.25) is 0 Å². The standard InChI is InChI=1S/C15H16N2O2/c1-10(18)11-6-8-12(9-7-11)15(19)17-14-5-3-2-4-13(14)16/h3,5-9H,2,4,16H2,1H3,(H,17,19). The van der Waals surface area contributed by atoms with Crippen molar-refractivity contribution in [1.29, 1.82) is 0 Å². The molecule has 0 unspecified atom stereocenters. The molecule has 1 aromatic carbocycles. The van der Waals surface area contributed by atoms with Crippen molar-refractivity contribution in [3.05, 3.63) is 58.9 Å². The van der Waals surface area contributed by atoms with Gasteiger partial charge in [-0.1, -0.05) is 18.2 Å². The maximum absolute atomic E-state index is 12.0. The second kappa shape index (κ2) is 5.52. The lowest BCUT2D eigenvalue weighted by Crippen LogP contribution is -2.25. The quantitative estimate of drug-likeness (QED) is 0.814. The van der Waals surface area contributed by atoms with Gasteiger partial charge in [0, 0.05) is 16.8 Å². The van der Waals surface area contributed by atoms with Crippen molar-refractivity contribution in [3.63, 3.8) is 0 Å². The highest BCUT2D eigenvalue weighted by atomic mass is 16.1. The first kappa shape index (κ1) is 13.1. The van der Waals surface area contributed by atoms with Crippen molar-refractivity contribution in [3.8, 4) is 0 Å². The van der Waals surface area contributed by atoms with E-state index in [-0.39, 0.29) is 11.7 Å². The second-order valence-corrected chi connectivity index (χ2v) is 4.47. The molecule has 19 heavy (non-hydrogen) atoms. The Kier molecular flexibility index (Phi) is 3.80. The number of amides is 1. The molecule has 0 saturated carbocycles. The molecule has 0 radical (unpaired) electrons. The van der Waals surface area contributed by atoms with Crippen LogP contribution in [-0.2, 0) is 0 Å². The van der Waals surface area contributed by atoms with Crippen LogP contribution in [0.5, 0.6) is 0 Å². The van der Waals surface area contributed by atoms with Crippen LogP contribution in [0.15, 0.2) is 47.8 Å². The largest absolute Gasteiger partial charge is 0.400 e. The predicted molar refractivity (Wildman–Crippen MR) is 73.5 cm³/mol. The van der Waals surface area contributed by atoms with Gasteiger partial charge in [-0.3, -0.25) is 9.59 Å². The molecule has 0 atom stereocenters. The van der Waals surface area contributed by atoms with Crippen LogP contribution in [0.1, 0.15) is 40.5 Å². The van der Waals surface area contributed by atoms with E-state index in [0.29, 0.717) is 22.5 Å². The van der Waals surface area contributed by atoms with Gasteiger partial charge in [-0.05, 0) is 38.0 Å². The summed E-state index contributed by atoms with van der Waals surface area (Å²) in [6, 6.07) is 6.56. The van der Waals surface area contributed by atoms with Crippen LogP contribution >= 0.6 is 0 Å². The number of hydrogen-bond donors (Lipinski definition) is 2. The third-order valence-corrected chi connectivity index (χ3v) is 3.01. The smallest absolute Gasteiger partial charge is 0.255 e. The highest BCUT2D eigenvalue weighted by molar-refractivity contribution is 5.98. The third-order valence-electron chi connectivity index (χ3n) is 3.01. The lowest BCUT2D eigenvalue weighted by Gasteiger charge is -2.13. The normalized spacial score (nSPS) is 14.4. The van der Waals surface area contributed by atoms with Gasteiger partial charge in [-0.2, -0.15) is 0 Å². The van der Waals surface area contributed by atoms with Gasteiger partial charge >= 0.3 is 0 Å². The van der Waals surface area contributed by atoms with Crippen molar-refractivity contribution in [2.75, 3.05) is 0 Å². The molecule has 0 spiro atoms. The number of Topliss-reactive ketones (excluding diaryl/α,β-unsaturated/α-hetero) is 1. The highest BCUT2D eigenvalue weighted by Crippen LogP contribution is 2.13. The van der Waals surface area contributed by atoms with E-state index < -0.39 is 0 Å². The molecule has 1 aliphatic rings. The summed E-state index contributed by atoms with van der Waals surface area (Å²) in [5, 5.41) is 2.78. The Hall–Kier alpha value is -2.36. The molecule has 1 aliphatic carbocycles. The van der Waals surface area contributed by atoms with Gasteiger partial charge in [0.1, 0.15) is 0 Å². The Morgan fingerprint density at radius 2 is 1.79 bits per heavy atom. The molecular formula is C15H16N2O2. The molecule has 0 heterocycles. The molecule has 0 saturated heterocycles. The summed E-state index contributed by atoms with van der Waals surface area (Å²) in [4.78, 5) is 23.2. The van der Waals surface area contributed by atoms with Gasteiger partial charge < -0.3 is 11.1 Å². The highest BCUT2D eigenvalue weighted by Gasteiger charge is 2.11. The molecular weight excluding hydrogens is 240 g/mol. The van der Waals surface area contributed by atoms with E-state index in [0.717, 1.165) is 12.8 Å². The van der Waals surface area contributed by atoms with Crippen molar-refractivity contribution < 1.29 is 9.59 Å². The van der Waals surface area contributed by atoms with E-state index in [2.05, 4.69) is 5.32 Å². The Balaban J connectivity index is 2.12. The molecule has 0 aliphatic heterocycles. The number of carbonyl (C=O) groups excluding carboxylic acids is 2. The summed E-state index contributed by atoms with van der Waals surface area (Å²) in [5.74, 6) is -0.242. The number of carbonyl (C=O) groups is 2. The monoisotopic (exact) mass is 256 g/mol. The molecule has 4 heteroatoms. The van der Waals surface area contributed by atoms with Gasteiger partial charge in [-0.15, -0.1) is 0 Å². The van der Waals surface area contributed by atoms with Gasteiger partial charge in [0.15, 0.2) is 5.78 Å². The summed E-state index contributed by atoms with van der Waals surface area (Å²) in [6.07, 6.45) is 5.46. The fourth-order valence-electron chi connectivity index (χ4n) is 1.85. The average Bonchev–Trinajstić information content (AvgIpc) is 2.41. The number of nitrogens with one attached hydrogen (secondary N) is 1. The first-order valence-corrected chi connectivity index (χ1v) is 6.15. The Labute approximate surface area is 112 Å². The third kappa shape index (κ3) is 3.10. The summed E-state index contributed by atoms with van der Waals surface area (Å²) in [6.45, 7) is 1.49. The minimum absolute atomic E-state index is 0.0193. The van der Waals surface area contributed by atoms with Crippen LogP contribution in [-0.4, -0.2) is 11.7 Å². The number of ketones is 1. The topological polar surface area (TPSA) is 72.2 Å². The minimum Gasteiger partial charge on any atom is -0.400 e. The molecule has 2 rings (SSSR count). The maximum atomic E-state index is 12.0. The molecule has 0 fully saturated rings. The van der Waals surface area contributed by atoms with E-state index in [1.54, 1.807) is 24.3 Å². The van der Waals surface area contributed by atoms with Crippen LogP contribution in [0.3, 0.4) is 0 Å². The maximum Gasteiger partial charge on any atom is 0.255 e. The first-order chi connectivity index (χ1) is 9.08. The Morgan fingerprint density at radius 3 is 2.37 bits per heavy atom. The van der Waals surface area contributed by atoms with Gasteiger partial charge in [-0.25, -0.2) is 0 Å². The lowest BCUT2D eigenvalue weighted by atomic mass is 10.1. The zero-order valence-corrected chi connectivity index (χ0v) is 10.8. The predicted octanol–water partition coefficient (Wildman–Crippen LogP) is 2.14. The zero-order chi connectivity index (χ0) is 13.8. The summed E-state index contributed by atoms with van der Waals surface area (Å²) < 4.78 is 0. The van der Waals surface area contributed by atoms with Crippen LogP contribution in [0.4, 0.5) is 0 Å². The van der Waals surface area contributed by atoms with E-state index >= 15 is 0 Å². The number of nitrogens with two attached hydrogens (primary N) is 1. The van der Waals surface area contributed by atoms with Gasteiger partial charge in [0.25, 0.3) is 5.91 Å². The molecule has 0 bridgehead atoms. The fourth-order valence-corrected chi connectivity index (χ4v) is 1.85. The van der Waals surface area contributed by atoms with Gasteiger partial charge in [0.05, 0.1) is 5.70 Å². The minimum atomic E-state index is -0.223. The molecule has 0 aromatic heterocycles.